The molecule has 1 spiro atoms. The van der Waals surface area contributed by atoms with E-state index in [1.165, 1.54) is 77.1 Å². The normalized spacial score (nSPS) is 13.0. The summed E-state index contributed by atoms with van der Waals surface area (Å²) in [4.78, 5) is 11.7. The summed E-state index contributed by atoms with van der Waals surface area (Å²) in [7, 11) is 0. The number of hydrogen-bond acceptors (Lipinski definition) is 2. The Morgan fingerprint density at radius 1 is 0.352 bits per heavy atom. The summed E-state index contributed by atoms with van der Waals surface area (Å²) in [6.45, 7) is 2.25. The van der Waals surface area contributed by atoms with E-state index in [0.717, 1.165) is 68.3 Å². The van der Waals surface area contributed by atoms with Gasteiger partial charge in [0.05, 0.1) is 38.9 Å². The molecule has 332 valence electrons. The molecule has 0 saturated heterocycles. The van der Waals surface area contributed by atoms with Crippen molar-refractivity contribution >= 4 is 43.6 Å². The number of fused-ring (bicyclic) bond motifs is 16. The maximum Gasteiger partial charge on any atom is 0.160 e. The van der Waals surface area contributed by atoms with Crippen molar-refractivity contribution in [2.75, 3.05) is 0 Å². The number of hydrogen-bond donors (Lipinski definition) is 0. The van der Waals surface area contributed by atoms with E-state index in [4.69, 9.17) is 9.97 Å². The molecule has 0 bridgehead atoms. The Labute approximate surface area is 411 Å². The Hall–Kier alpha value is -9.12. The number of benzene rings is 10. The highest BCUT2D eigenvalue weighted by molar-refractivity contribution is 6.12. The van der Waals surface area contributed by atoms with Crippen molar-refractivity contribution in [1.29, 1.82) is 0 Å². The molecule has 0 unspecified atom stereocenters. The van der Waals surface area contributed by atoms with E-state index >= 15 is 0 Å². The third-order valence-electron chi connectivity index (χ3n) is 15.5. The molecular formula is C67H44N4. The number of para-hydroxylation sites is 4. The molecular weight excluding hydrogens is 861 g/mol. The van der Waals surface area contributed by atoms with Crippen molar-refractivity contribution in [3.8, 4) is 67.5 Å². The van der Waals surface area contributed by atoms with Crippen molar-refractivity contribution < 1.29 is 0 Å². The van der Waals surface area contributed by atoms with Gasteiger partial charge >= 0.3 is 0 Å². The van der Waals surface area contributed by atoms with E-state index in [2.05, 4.69) is 253 Å². The van der Waals surface area contributed by atoms with E-state index < -0.39 is 5.41 Å². The van der Waals surface area contributed by atoms with Crippen LogP contribution in [0, 0.1) is 0 Å². The predicted molar refractivity (Wildman–Crippen MR) is 293 cm³/mol. The van der Waals surface area contributed by atoms with E-state index in [1.807, 2.05) is 0 Å². The Kier molecular flexibility index (Phi) is 8.52. The highest BCUT2D eigenvalue weighted by Gasteiger charge is 2.53. The summed E-state index contributed by atoms with van der Waals surface area (Å²) in [6.07, 6.45) is 0.738. The van der Waals surface area contributed by atoms with Crippen molar-refractivity contribution in [2.24, 2.45) is 0 Å². The molecule has 0 aliphatic heterocycles. The zero-order valence-corrected chi connectivity index (χ0v) is 39.0. The van der Waals surface area contributed by atoms with Crippen LogP contribution in [-0.4, -0.2) is 19.1 Å². The zero-order chi connectivity index (χ0) is 46.8. The van der Waals surface area contributed by atoms with Gasteiger partial charge in [-0.2, -0.15) is 0 Å². The third-order valence-corrected chi connectivity index (χ3v) is 15.5. The highest BCUT2D eigenvalue weighted by Crippen LogP contribution is 2.64. The summed E-state index contributed by atoms with van der Waals surface area (Å²) in [5, 5.41) is 4.80. The van der Waals surface area contributed by atoms with Crippen molar-refractivity contribution in [2.45, 2.75) is 18.8 Å². The summed E-state index contributed by atoms with van der Waals surface area (Å²) >= 11 is 0. The van der Waals surface area contributed by atoms with Gasteiger partial charge in [-0.25, -0.2) is 9.97 Å². The van der Waals surface area contributed by atoms with Gasteiger partial charge in [-0.3, -0.25) is 0 Å². The van der Waals surface area contributed by atoms with Crippen molar-refractivity contribution in [1.82, 2.24) is 19.1 Å². The minimum atomic E-state index is -0.570. The summed E-state index contributed by atoms with van der Waals surface area (Å²) in [6, 6.07) is 86.7. The van der Waals surface area contributed by atoms with Gasteiger partial charge in [0.15, 0.2) is 5.82 Å². The first-order valence-electron chi connectivity index (χ1n) is 24.7. The first-order chi connectivity index (χ1) is 35.2. The lowest BCUT2D eigenvalue weighted by molar-refractivity contribution is 0.794. The van der Waals surface area contributed by atoms with Crippen LogP contribution in [0.15, 0.2) is 237 Å². The molecule has 15 rings (SSSR count). The molecule has 3 heterocycles. The zero-order valence-electron chi connectivity index (χ0n) is 39.0. The molecule has 4 heteroatoms. The van der Waals surface area contributed by atoms with E-state index in [1.54, 1.807) is 0 Å². The molecule has 10 aromatic carbocycles. The largest absolute Gasteiger partial charge is 0.309 e. The van der Waals surface area contributed by atoms with Crippen LogP contribution in [0.2, 0.25) is 0 Å². The Bertz CT molecular complexity index is 4090. The highest BCUT2D eigenvalue weighted by atomic mass is 15.0. The quantitative estimate of drug-likeness (QED) is 0.167. The fourth-order valence-electron chi connectivity index (χ4n) is 12.7. The van der Waals surface area contributed by atoms with Gasteiger partial charge in [-0.05, 0) is 112 Å². The van der Waals surface area contributed by atoms with Crippen LogP contribution in [0.25, 0.3) is 111 Å². The van der Waals surface area contributed by atoms with Crippen LogP contribution in [0.4, 0.5) is 0 Å². The molecule has 4 nitrogen and oxygen atoms in total. The summed E-state index contributed by atoms with van der Waals surface area (Å²) in [5.41, 5.74) is 22.7. The topological polar surface area (TPSA) is 35.6 Å². The van der Waals surface area contributed by atoms with Gasteiger partial charge in [0, 0.05) is 55.2 Å². The fraction of sp³-hybridized carbons (Fsp3) is 0.0448. The molecule has 71 heavy (non-hydrogen) atoms. The van der Waals surface area contributed by atoms with Gasteiger partial charge in [0.25, 0.3) is 0 Å². The lowest BCUT2D eigenvalue weighted by Gasteiger charge is -2.32. The van der Waals surface area contributed by atoms with Crippen LogP contribution in [0.5, 0.6) is 0 Å². The van der Waals surface area contributed by atoms with Gasteiger partial charge in [-0.15, -0.1) is 0 Å². The molecule has 0 amide bonds. The van der Waals surface area contributed by atoms with Crippen LogP contribution >= 0.6 is 0 Å². The molecule has 2 aliphatic carbocycles. The second-order valence-corrected chi connectivity index (χ2v) is 19.0. The molecule has 3 aromatic heterocycles. The Balaban J connectivity index is 1.04. The summed E-state index contributed by atoms with van der Waals surface area (Å²) in [5.74, 6) is 0.719. The van der Waals surface area contributed by atoms with Gasteiger partial charge in [0.1, 0.15) is 0 Å². The third kappa shape index (κ3) is 5.50. The molecule has 0 fully saturated rings. The van der Waals surface area contributed by atoms with E-state index in [0.29, 0.717) is 0 Å². The second-order valence-electron chi connectivity index (χ2n) is 19.0. The minimum Gasteiger partial charge on any atom is -0.309 e. The smallest absolute Gasteiger partial charge is 0.160 e. The molecule has 0 saturated carbocycles. The van der Waals surface area contributed by atoms with Gasteiger partial charge in [-0.1, -0.05) is 183 Å². The van der Waals surface area contributed by atoms with Gasteiger partial charge < -0.3 is 9.13 Å². The number of aromatic nitrogens is 4. The maximum atomic E-state index is 5.86. The number of nitrogens with zero attached hydrogens (tertiary/aromatic N) is 4. The second kappa shape index (κ2) is 15.2. The van der Waals surface area contributed by atoms with E-state index in [9.17, 15) is 0 Å². The molecule has 2 aliphatic rings. The monoisotopic (exact) mass is 904 g/mol. The Morgan fingerprint density at radius 3 is 1.24 bits per heavy atom. The first-order valence-corrected chi connectivity index (χ1v) is 24.7. The average Bonchev–Trinajstić information content (AvgIpc) is 4.15. The minimum absolute atomic E-state index is 0.570. The molecule has 13 aromatic rings. The predicted octanol–water partition coefficient (Wildman–Crippen LogP) is 16.6. The van der Waals surface area contributed by atoms with E-state index in [-0.39, 0.29) is 0 Å². The standard InChI is InChI=1S/C67H44N4/c1-2-46-64(42-36-38-61-54(40-42)50-27-12-17-34-59(50)70(61)44-20-5-3-6-21-44)68-66(69-65(46)43-37-39-62-55(41-43)51-28-13-18-35-60(51)71(62)45-22-7-4-8-23-45)53-30-19-29-52-49-26-11-16-33-58(49)67(63(52)53)56-31-14-9-24-47(56)48-25-10-15-32-57(48)67/h3-41H,2H2,1H3. The lowest BCUT2D eigenvalue weighted by Crippen LogP contribution is -2.26. The van der Waals surface area contributed by atoms with Crippen LogP contribution in [0.3, 0.4) is 0 Å². The first kappa shape index (κ1) is 39.8. The van der Waals surface area contributed by atoms with Crippen LogP contribution < -0.4 is 0 Å². The van der Waals surface area contributed by atoms with Gasteiger partial charge in [0.2, 0.25) is 0 Å². The fourth-order valence-corrected chi connectivity index (χ4v) is 12.7. The number of rotatable bonds is 6. The van der Waals surface area contributed by atoms with Crippen molar-refractivity contribution in [3.63, 3.8) is 0 Å². The lowest BCUT2D eigenvalue weighted by atomic mass is 9.69. The molecule has 0 N–H and O–H groups in total. The summed E-state index contributed by atoms with van der Waals surface area (Å²) < 4.78 is 4.77. The van der Waals surface area contributed by atoms with Crippen LogP contribution in [-0.2, 0) is 11.8 Å². The van der Waals surface area contributed by atoms with Crippen LogP contribution in [0.1, 0.15) is 34.7 Å². The van der Waals surface area contributed by atoms with Crippen molar-refractivity contribution in [3.05, 3.63) is 264 Å². The molecule has 0 atom stereocenters. The molecule has 0 radical (unpaired) electrons. The Morgan fingerprint density at radius 2 is 0.746 bits per heavy atom. The average molecular weight is 905 g/mol. The maximum absolute atomic E-state index is 5.86. The SMILES string of the molecule is CCc1c(-c2ccc3c(c2)c2ccccc2n3-c2ccccc2)nc(-c2cccc3c2C2(c4ccccc4-c4ccccc42)c2ccccc2-3)nc1-c1ccc2c(c1)c1ccccc1n2-c1ccccc1.